The van der Waals surface area contributed by atoms with Crippen LogP contribution < -0.4 is 0 Å². The lowest BCUT2D eigenvalue weighted by molar-refractivity contribution is -0.132. The second-order valence-corrected chi connectivity index (χ2v) is 5.06. The summed E-state index contributed by atoms with van der Waals surface area (Å²) in [6.07, 6.45) is -0.0688. The first-order valence-electron chi connectivity index (χ1n) is 3.69. The molecule has 0 saturated heterocycles. The molecule has 1 unspecified atom stereocenters. The lowest BCUT2D eigenvalue weighted by Crippen LogP contribution is -2.12. The van der Waals surface area contributed by atoms with Gasteiger partial charge in [0, 0.05) is 5.57 Å². The van der Waals surface area contributed by atoms with E-state index in [1.807, 2.05) is 0 Å². The monoisotopic (exact) mass is 258 g/mol. The number of carboxylic acid groups (broad SMARTS) is 1. The van der Waals surface area contributed by atoms with Gasteiger partial charge in [0.25, 0.3) is 10.1 Å². The minimum atomic E-state index is -4.09. The van der Waals surface area contributed by atoms with Crippen molar-refractivity contribution < 1.29 is 30.7 Å². The van der Waals surface area contributed by atoms with E-state index in [4.69, 9.17) is 9.66 Å². The molecule has 0 aromatic carbocycles. The minimum Gasteiger partial charge on any atom is -0.478 e. The highest BCUT2D eigenvalue weighted by molar-refractivity contribution is 7.95. The molecule has 0 bridgehead atoms. The molecule has 0 aliphatic carbocycles. The molecule has 0 saturated carbocycles. The van der Waals surface area contributed by atoms with E-state index in [-0.39, 0.29) is 18.4 Å². The Morgan fingerprint density at radius 2 is 2.00 bits per heavy atom. The smallest absolute Gasteiger partial charge is 0.330 e. The van der Waals surface area contributed by atoms with Crippen molar-refractivity contribution in [2.75, 3.05) is 5.75 Å². The lowest BCUT2D eigenvalue weighted by atomic mass is 10.2. The van der Waals surface area contributed by atoms with E-state index in [1.54, 1.807) is 0 Å². The fourth-order valence-corrected chi connectivity index (χ4v) is 2.17. The van der Waals surface area contributed by atoms with E-state index >= 15 is 0 Å². The molecule has 1 atom stereocenters. The molecule has 0 aliphatic rings. The van der Waals surface area contributed by atoms with E-state index in [9.17, 15) is 17.4 Å². The summed E-state index contributed by atoms with van der Waals surface area (Å²) in [5.74, 6) is -1.75. The fraction of sp³-hybridized carbons (Fsp3) is 0.500. The third-order valence-electron chi connectivity index (χ3n) is 1.34. The SMILES string of the molecule is C=C(CCCS(=O)(=O)OS(=O)O)C(=O)O. The molecule has 9 heteroatoms. The Morgan fingerprint density at radius 3 is 2.40 bits per heavy atom. The van der Waals surface area contributed by atoms with Crippen LogP contribution in [0.15, 0.2) is 12.2 Å². The predicted molar refractivity (Wildman–Crippen MR) is 51.7 cm³/mol. The van der Waals surface area contributed by atoms with Crippen molar-refractivity contribution in [2.24, 2.45) is 0 Å². The van der Waals surface area contributed by atoms with Crippen molar-refractivity contribution in [1.82, 2.24) is 0 Å². The number of rotatable bonds is 7. The molecule has 0 amide bonds. The largest absolute Gasteiger partial charge is 0.478 e. The average molecular weight is 258 g/mol. The van der Waals surface area contributed by atoms with Crippen LogP contribution in [0.3, 0.4) is 0 Å². The first-order chi connectivity index (χ1) is 6.74. The maximum absolute atomic E-state index is 10.8. The normalized spacial score (nSPS) is 13.4. The number of hydrogen-bond acceptors (Lipinski definition) is 5. The highest BCUT2D eigenvalue weighted by Gasteiger charge is 2.15. The van der Waals surface area contributed by atoms with E-state index in [2.05, 4.69) is 10.2 Å². The molecule has 0 rings (SSSR count). The zero-order valence-corrected chi connectivity index (χ0v) is 9.21. The Hall–Kier alpha value is -0.770. The van der Waals surface area contributed by atoms with Gasteiger partial charge in [-0.2, -0.15) is 12.6 Å². The van der Waals surface area contributed by atoms with Gasteiger partial charge in [0.1, 0.15) is 0 Å². The van der Waals surface area contributed by atoms with E-state index in [0.29, 0.717) is 0 Å². The molecule has 2 N–H and O–H groups in total. The van der Waals surface area contributed by atoms with Gasteiger partial charge in [-0.3, -0.25) is 4.55 Å². The molecule has 0 radical (unpaired) electrons. The Morgan fingerprint density at radius 1 is 1.47 bits per heavy atom. The van der Waals surface area contributed by atoms with Crippen LogP contribution in [0, 0.1) is 0 Å². The second kappa shape index (κ2) is 5.95. The van der Waals surface area contributed by atoms with E-state index in [0.717, 1.165) is 0 Å². The number of carbonyl (C=O) groups is 1. The van der Waals surface area contributed by atoms with Crippen molar-refractivity contribution in [1.29, 1.82) is 0 Å². The first-order valence-corrected chi connectivity index (χ1v) is 6.30. The van der Waals surface area contributed by atoms with Gasteiger partial charge in [-0.25, -0.2) is 4.79 Å². The fourth-order valence-electron chi connectivity index (χ4n) is 0.692. The van der Waals surface area contributed by atoms with Gasteiger partial charge in [-0.15, -0.1) is 3.63 Å². The molecule has 7 nitrogen and oxygen atoms in total. The van der Waals surface area contributed by atoms with Gasteiger partial charge < -0.3 is 5.11 Å². The van der Waals surface area contributed by atoms with Gasteiger partial charge in [0.2, 0.25) is 0 Å². The maximum Gasteiger partial charge on any atom is 0.330 e. The Kier molecular flexibility index (Phi) is 5.65. The highest BCUT2D eigenvalue weighted by Crippen LogP contribution is 2.06. The van der Waals surface area contributed by atoms with Gasteiger partial charge in [-0.05, 0) is 12.8 Å². The molecule has 0 heterocycles. The molecule has 0 aliphatic heterocycles. The van der Waals surface area contributed by atoms with Crippen LogP contribution in [0.2, 0.25) is 0 Å². The minimum absolute atomic E-state index is 0.0318. The van der Waals surface area contributed by atoms with E-state index < -0.39 is 33.2 Å². The van der Waals surface area contributed by atoms with Crippen LogP contribution in [0.4, 0.5) is 0 Å². The predicted octanol–water partition coefficient (Wildman–Crippen LogP) is -0.109. The standard InChI is InChI=1S/C6H10O7S2/c1-5(6(7)8)3-2-4-15(11,12)13-14(9)10/h1-4H2,(H,7,8)(H,9,10). The van der Waals surface area contributed by atoms with Crippen LogP contribution in [-0.2, 0) is 29.9 Å². The Labute approximate surface area is 89.4 Å². The molecular formula is C6H10O7S2. The van der Waals surface area contributed by atoms with E-state index in [1.165, 1.54) is 0 Å². The Bertz CT molecular complexity index is 369. The number of carboxylic acids is 1. The molecule has 15 heavy (non-hydrogen) atoms. The first kappa shape index (κ1) is 14.2. The molecular weight excluding hydrogens is 248 g/mol. The summed E-state index contributed by atoms with van der Waals surface area (Å²) in [4.78, 5) is 10.3. The van der Waals surface area contributed by atoms with Crippen molar-refractivity contribution in [3.05, 3.63) is 12.2 Å². The number of aliphatic carboxylic acids is 1. The van der Waals surface area contributed by atoms with Crippen LogP contribution in [0.1, 0.15) is 12.8 Å². The van der Waals surface area contributed by atoms with Gasteiger partial charge >= 0.3 is 17.3 Å². The quantitative estimate of drug-likeness (QED) is 0.483. The number of hydrogen-bond donors (Lipinski definition) is 2. The van der Waals surface area contributed by atoms with Gasteiger partial charge in [-0.1, -0.05) is 6.58 Å². The summed E-state index contributed by atoms with van der Waals surface area (Å²) >= 11 is -2.88. The van der Waals surface area contributed by atoms with Crippen LogP contribution in [0.5, 0.6) is 0 Å². The third kappa shape index (κ3) is 7.19. The average Bonchev–Trinajstić information content (AvgIpc) is 2.00. The van der Waals surface area contributed by atoms with Crippen LogP contribution in [-0.4, -0.2) is 34.0 Å². The van der Waals surface area contributed by atoms with Crippen molar-refractivity contribution >= 4 is 27.4 Å². The molecule has 88 valence electrons. The highest BCUT2D eigenvalue weighted by atomic mass is 32.3. The molecule has 0 fully saturated rings. The summed E-state index contributed by atoms with van der Waals surface area (Å²) in [6.45, 7) is 3.19. The van der Waals surface area contributed by atoms with Gasteiger partial charge in [0.05, 0.1) is 5.75 Å². The topological polar surface area (TPSA) is 118 Å². The van der Waals surface area contributed by atoms with Crippen molar-refractivity contribution in [2.45, 2.75) is 12.8 Å². The summed E-state index contributed by atoms with van der Waals surface area (Å²) in [7, 11) is -4.09. The van der Waals surface area contributed by atoms with Gasteiger partial charge in [0.15, 0.2) is 0 Å². The molecule has 0 aromatic heterocycles. The summed E-state index contributed by atoms with van der Waals surface area (Å²) < 4.78 is 43.5. The second-order valence-electron chi connectivity index (χ2n) is 2.56. The van der Waals surface area contributed by atoms with Crippen molar-refractivity contribution in [3.63, 3.8) is 0 Å². The maximum atomic E-state index is 10.8. The summed E-state index contributed by atoms with van der Waals surface area (Å²) in [5.41, 5.74) is -0.129. The summed E-state index contributed by atoms with van der Waals surface area (Å²) in [5, 5.41) is 8.39. The third-order valence-corrected chi connectivity index (χ3v) is 3.42. The molecule has 0 aromatic rings. The Balaban J connectivity index is 4.01. The van der Waals surface area contributed by atoms with Crippen molar-refractivity contribution in [3.8, 4) is 0 Å². The molecule has 0 spiro atoms. The lowest BCUT2D eigenvalue weighted by Gasteiger charge is -2.01. The van der Waals surface area contributed by atoms with Crippen LogP contribution >= 0.6 is 0 Å². The summed E-state index contributed by atoms with van der Waals surface area (Å²) in [6, 6.07) is 0. The van der Waals surface area contributed by atoms with Crippen LogP contribution in [0.25, 0.3) is 0 Å². The zero-order valence-electron chi connectivity index (χ0n) is 7.58. The zero-order chi connectivity index (χ0) is 12.1.